The molecule has 1 N–H and O–H groups in total. The van der Waals surface area contributed by atoms with E-state index in [4.69, 9.17) is 22.4 Å². The number of hydrogen-bond acceptors (Lipinski definition) is 5. The van der Waals surface area contributed by atoms with Gasteiger partial charge in [0, 0.05) is 28.3 Å². The van der Waals surface area contributed by atoms with Crippen LogP contribution in [0.2, 0.25) is 0 Å². The van der Waals surface area contributed by atoms with Crippen LogP contribution in [0.15, 0.2) is 136 Å². The van der Waals surface area contributed by atoms with E-state index in [-0.39, 0.29) is 16.7 Å². The van der Waals surface area contributed by atoms with Gasteiger partial charge in [-0.3, -0.25) is 4.99 Å². The molecule has 2 atom stereocenters. The van der Waals surface area contributed by atoms with Crippen molar-refractivity contribution < 1.29 is 4.74 Å². The lowest BCUT2D eigenvalue weighted by atomic mass is 9.67. The molecule has 2 unspecified atom stereocenters. The molecule has 4 aromatic carbocycles. The van der Waals surface area contributed by atoms with Gasteiger partial charge in [0.25, 0.3) is 0 Å². The quantitative estimate of drug-likeness (QED) is 0.160. The number of halogens is 1. The van der Waals surface area contributed by atoms with Crippen molar-refractivity contribution >= 4 is 57.5 Å². The van der Waals surface area contributed by atoms with Crippen molar-refractivity contribution in [3.63, 3.8) is 0 Å². The molecule has 1 saturated carbocycles. The lowest BCUT2D eigenvalue weighted by Gasteiger charge is -2.36. The van der Waals surface area contributed by atoms with Crippen LogP contribution < -0.4 is 5.32 Å². The highest BCUT2D eigenvalue weighted by Crippen LogP contribution is 2.56. The van der Waals surface area contributed by atoms with Crippen molar-refractivity contribution in [2.75, 3.05) is 6.61 Å². The van der Waals surface area contributed by atoms with E-state index in [2.05, 4.69) is 147 Å². The molecule has 51 heavy (non-hydrogen) atoms. The van der Waals surface area contributed by atoms with Crippen LogP contribution in [0.3, 0.4) is 0 Å². The van der Waals surface area contributed by atoms with E-state index < -0.39 is 0 Å². The molecule has 6 heteroatoms. The Morgan fingerprint density at radius 3 is 2.53 bits per heavy atom. The lowest BCUT2D eigenvalue weighted by Crippen LogP contribution is -2.31. The van der Waals surface area contributed by atoms with Crippen molar-refractivity contribution in [3.8, 4) is 17.2 Å². The van der Waals surface area contributed by atoms with E-state index in [1.165, 1.54) is 52.3 Å². The summed E-state index contributed by atoms with van der Waals surface area (Å²) in [4.78, 5) is 5.35. The molecule has 1 fully saturated rings. The predicted molar refractivity (Wildman–Crippen MR) is 222 cm³/mol. The van der Waals surface area contributed by atoms with E-state index in [0.717, 1.165) is 58.8 Å². The standard InChI is InChI=1S/C45H40IN3OS/c46-28-35(24-36-26-37(51)12-4-1-2-9-21-50-36)43-27-42(48-44(49-43)34-15-14-31-10-5-6-11-32(31)23-34)33-16-18-39-38-17-13-30(29-47)22-40(38)45(41(39)25-33)19-7-3-8-20-45/h1-2,4-6,10-18,22-25,27-28,37,43,51H,3,7-9,19-21,26H2,(H,48,49)/b2-1-,12-4-,35-28+,36-24+. The second-order valence-electron chi connectivity index (χ2n) is 13.9. The average Bonchev–Trinajstić information content (AvgIpc) is 3.43. The molecule has 0 bridgehead atoms. The molecular weight excluding hydrogens is 757 g/mol. The van der Waals surface area contributed by atoms with Crippen LogP contribution in [0.5, 0.6) is 0 Å². The third kappa shape index (κ3) is 6.74. The number of nitrogens with zero attached hydrogens (tertiary/aromatic N) is 2. The van der Waals surface area contributed by atoms with Gasteiger partial charge in [0.2, 0.25) is 0 Å². The van der Waals surface area contributed by atoms with Crippen molar-refractivity contribution in [1.82, 2.24) is 5.32 Å². The Kier molecular flexibility index (Phi) is 9.76. The number of rotatable bonds is 4. The summed E-state index contributed by atoms with van der Waals surface area (Å²) in [5.74, 6) is 1.76. The number of allylic oxidation sites excluding steroid dienone is 3. The smallest absolute Gasteiger partial charge is 0.133 e. The second kappa shape index (κ2) is 14.7. The Bertz CT molecular complexity index is 2230. The van der Waals surface area contributed by atoms with Gasteiger partial charge in [-0.2, -0.15) is 17.9 Å². The van der Waals surface area contributed by atoms with Crippen LogP contribution in [0.1, 0.15) is 72.8 Å². The number of amidine groups is 1. The van der Waals surface area contributed by atoms with Gasteiger partial charge >= 0.3 is 0 Å². The molecule has 4 aromatic rings. The van der Waals surface area contributed by atoms with Crippen molar-refractivity contribution in [1.29, 1.82) is 5.26 Å². The SMILES string of the molecule is N#Cc1ccc2c(c1)C1(CCCCC1)c1cc(C3=CC(C(/C=C4\CC(S)/C=C\C=C/CCO4)=C/I)N=C(c4ccc5ccccc5c4)N3)ccc1-2. The maximum atomic E-state index is 9.82. The maximum absolute atomic E-state index is 9.82. The number of nitriles is 1. The molecule has 1 spiro atoms. The fourth-order valence-electron chi connectivity index (χ4n) is 8.21. The molecular formula is C45H40IN3OS. The molecule has 0 saturated heterocycles. The number of thiol groups is 1. The van der Waals surface area contributed by atoms with Gasteiger partial charge in [-0.05, 0) is 104 Å². The predicted octanol–water partition coefficient (Wildman–Crippen LogP) is 11.1. The first-order valence-electron chi connectivity index (χ1n) is 18.0. The van der Waals surface area contributed by atoms with Gasteiger partial charge in [0.15, 0.2) is 0 Å². The van der Waals surface area contributed by atoms with Gasteiger partial charge in [0.05, 0.1) is 30.0 Å². The Balaban J connectivity index is 1.22. The molecule has 0 amide bonds. The third-order valence-corrected chi connectivity index (χ3v) is 11.8. The highest BCUT2D eigenvalue weighted by atomic mass is 127. The highest BCUT2D eigenvalue weighted by Gasteiger charge is 2.44. The monoisotopic (exact) mass is 797 g/mol. The maximum Gasteiger partial charge on any atom is 0.133 e. The summed E-state index contributed by atoms with van der Waals surface area (Å²) in [5.41, 5.74) is 10.3. The Labute approximate surface area is 320 Å². The van der Waals surface area contributed by atoms with Crippen LogP contribution >= 0.6 is 35.2 Å². The number of fused-ring (bicyclic) bond motifs is 6. The van der Waals surface area contributed by atoms with Crippen molar-refractivity contribution in [2.45, 2.75) is 61.7 Å². The second-order valence-corrected chi connectivity index (χ2v) is 15.2. The van der Waals surface area contributed by atoms with Crippen LogP contribution in [-0.4, -0.2) is 23.7 Å². The molecule has 8 rings (SSSR count). The first-order chi connectivity index (χ1) is 25.0. The highest BCUT2D eigenvalue weighted by molar-refractivity contribution is 14.1. The molecule has 0 radical (unpaired) electrons. The van der Waals surface area contributed by atoms with E-state index >= 15 is 0 Å². The van der Waals surface area contributed by atoms with E-state index in [1.807, 2.05) is 6.07 Å². The van der Waals surface area contributed by atoms with Crippen LogP contribution in [0.4, 0.5) is 0 Å². The van der Waals surface area contributed by atoms with Crippen LogP contribution in [-0.2, 0) is 10.2 Å². The molecule has 2 aliphatic heterocycles. The summed E-state index contributed by atoms with van der Waals surface area (Å²) in [7, 11) is 0. The Morgan fingerprint density at radius 1 is 0.922 bits per heavy atom. The zero-order valence-electron chi connectivity index (χ0n) is 28.5. The molecule has 4 aliphatic rings. The minimum absolute atomic E-state index is 0.0529. The normalized spacial score (nSPS) is 23.2. The van der Waals surface area contributed by atoms with Crippen molar-refractivity contribution in [2.24, 2.45) is 4.99 Å². The summed E-state index contributed by atoms with van der Waals surface area (Å²) in [6.07, 6.45) is 20.2. The largest absolute Gasteiger partial charge is 0.498 e. The molecule has 254 valence electrons. The Hall–Kier alpha value is -4.32. The van der Waals surface area contributed by atoms with Gasteiger partial charge in [0.1, 0.15) is 5.84 Å². The van der Waals surface area contributed by atoms with Crippen LogP contribution in [0.25, 0.3) is 27.6 Å². The topological polar surface area (TPSA) is 57.4 Å². The van der Waals surface area contributed by atoms with E-state index in [1.54, 1.807) is 0 Å². The molecule has 4 nitrogen and oxygen atoms in total. The van der Waals surface area contributed by atoms with Crippen molar-refractivity contribution in [3.05, 3.63) is 159 Å². The van der Waals surface area contributed by atoms with Gasteiger partial charge in [-0.1, -0.05) is 121 Å². The van der Waals surface area contributed by atoms with Gasteiger partial charge < -0.3 is 10.1 Å². The van der Waals surface area contributed by atoms with Gasteiger partial charge in [-0.25, -0.2) is 0 Å². The first-order valence-corrected chi connectivity index (χ1v) is 19.7. The molecule has 2 aliphatic carbocycles. The summed E-state index contributed by atoms with van der Waals surface area (Å²) >= 11 is 7.17. The summed E-state index contributed by atoms with van der Waals surface area (Å²) in [6, 6.07) is 30.5. The zero-order valence-corrected chi connectivity index (χ0v) is 31.5. The minimum atomic E-state index is -0.229. The van der Waals surface area contributed by atoms with Gasteiger partial charge in [-0.15, -0.1) is 0 Å². The summed E-state index contributed by atoms with van der Waals surface area (Å²) in [5, 5.41) is 16.0. The Morgan fingerprint density at radius 2 is 1.71 bits per heavy atom. The third-order valence-electron chi connectivity index (χ3n) is 10.7. The molecule has 0 aromatic heterocycles. The average molecular weight is 798 g/mol. The fraction of sp³-hybridized carbons (Fsp3) is 0.244. The number of nitrogens with one attached hydrogen (secondary N) is 1. The number of ether oxygens (including phenoxy) is 1. The lowest BCUT2D eigenvalue weighted by molar-refractivity contribution is 0.208. The minimum Gasteiger partial charge on any atom is -0.498 e. The number of benzene rings is 4. The zero-order chi connectivity index (χ0) is 34.8. The first kappa shape index (κ1) is 33.8. The summed E-state index contributed by atoms with van der Waals surface area (Å²) in [6.45, 7) is 0.624. The summed E-state index contributed by atoms with van der Waals surface area (Å²) < 4.78 is 8.45. The molecule has 2 heterocycles. The fourth-order valence-corrected chi connectivity index (χ4v) is 9.04. The van der Waals surface area contributed by atoms with E-state index in [0.29, 0.717) is 13.0 Å². The number of hydrogen-bond donors (Lipinski definition) is 2. The van der Waals surface area contributed by atoms with E-state index in [9.17, 15) is 5.26 Å². The van der Waals surface area contributed by atoms with Crippen LogP contribution in [0, 0.1) is 11.3 Å². The number of aliphatic imine (C=N–C) groups is 1.